The molecule has 0 radical (unpaired) electrons. The highest BCUT2D eigenvalue weighted by Crippen LogP contribution is 2.24. The molecule has 0 aliphatic carbocycles. The van der Waals surface area contributed by atoms with Crippen molar-refractivity contribution in [3.8, 4) is 11.3 Å². The molecule has 1 heterocycles. The molecule has 0 bridgehead atoms. The number of carbonyl (C=O) groups excluding carboxylic acids is 1. The molecule has 30 heavy (non-hydrogen) atoms. The molecule has 3 rings (SSSR count). The number of amides is 1. The Balaban J connectivity index is 1.85. The summed E-state index contributed by atoms with van der Waals surface area (Å²) in [5.74, 6) is -11.6. The number of nitrogens with two attached hydrogens (primary N) is 1. The van der Waals surface area contributed by atoms with Crippen molar-refractivity contribution < 1.29 is 26.7 Å². The maximum absolute atomic E-state index is 13.8. The molecule has 0 aliphatic rings. The number of aromatic nitrogens is 2. The van der Waals surface area contributed by atoms with Crippen LogP contribution in [0.15, 0.2) is 30.5 Å². The van der Waals surface area contributed by atoms with Crippen LogP contribution in [0.4, 0.5) is 33.5 Å². The number of carbonyl (C=O) groups is 1. The van der Waals surface area contributed by atoms with Gasteiger partial charge < -0.3 is 11.1 Å². The second kappa shape index (κ2) is 8.44. The van der Waals surface area contributed by atoms with E-state index in [0.29, 0.717) is 23.5 Å². The van der Waals surface area contributed by atoms with Crippen molar-refractivity contribution in [1.29, 1.82) is 0 Å². The lowest BCUT2D eigenvalue weighted by molar-refractivity contribution is -0.115. The summed E-state index contributed by atoms with van der Waals surface area (Å²) in [6, 6.07) is 6.84. The van der Waals surface area contributed by atoms with E-state index in [0.717, 1.165) is 5.56 Å². The number of hydrogen-bond donors (Lipinski definition) is 2. The van der Waals surface area contributed by atoms with Crippen LogP contribution in [0.5, 0.6) is 0 Å². The number of anilines is 2. The second-order valence-electron chi connectivity index (χ2n) is 6.30. The molecule has 156 valence electrons. The minimum Gasteiger partial charge on any atom is -0.399 e. The van der Waals surface area contributed by atoms with Gasteiger partial charge in [0.1, 0.15) is 0 Å². The third-order valence-corrected chi connectivity index (χ3v) is 4.28. The smallest absolute Gasteiger partial charge is 0.230 e. The summed E-state index contributed by atoms with van der Waals surface area (Å²) in [4.78, 5) is 20.7. The highest BCUT2D eigenvalue weighted by molar-refractivity contribution is 5.92. The fraction of sp³-hybridized carbons (Fsp3) is 0.150. The van der Waals surface area contributed by atoms with E-state index in [9.17, 15) is 26.7 Å². The van der Waals surface area contributed by atoms with Gasteiger partial charge >= 0.3 is 0 Å². The van der Waals surface area contributed by atoms with Gasteiger partial charge in [-0.3, -0.25) is 4.79 Å². The predicted molar refractivity (Wildman–Crippen MR) is 99.8 cm³/mol. The van der Waals surface area contributed by atoms with E-state index in [1.165, 1.54) is 6.20 Å². The normalized spacial score (nSPS) is 10.9. The molecule has 0 unspecified atom stereocenters. The molecule has 0 aliphatic heterocycles. The quantitative estimate of drug-likeness (QED) is 0.280. The number of nitrogens with zero attached hydrogens (tertiary/aromatic N) is 2. The summed E-state index contributed by atoms with van der Waals surface area (Å²) in [6.07, 6.45) is 0.656. The zero-order chi connectivity index (χ0) is 22.0. The van der Waals surface area contributed by atoms with Crippen LogP contribution in [0.25, 0.3) is 11.3 Å². The first-order valence-corrected chi connectivity index (χ1v) is 8.74. The zero-order valence-electron chi connectivity index (χ0n) is 15.6. The van der Waals surface area contributed by atoms with Gasteiger partial charge in [0.25, 0.3) is 0 Å². The van der Waals surface area contributed by atoms with E-state index in [1.807, 2.05) is 0 Å². The number of nitrogen functional groups attached to an aromatic ring is 1. The molecule has 0 fully saturated rings. The van der Waals surface area contributed by atoms with Crippen LogP contribution in [0.2, 0.25) is 0 Å². The van der Waals surface area contributed by atoms with Gasteiger partial charge in [0.2, 0.25) is 11.7 Å². The minimum atomic E-state index is -2.29. The Morgan fingerprint density at radius 2 is 1.53 bits per heavy atom. The van der Waals surface area contributed by atoms with Crippen LogP contribution in [0, 0.1) is 29.1 Å². The lowest BCUT2D eigenvalue weighted by atomic mass is 10.1. The van der Waals surface area contributed by atoms with E-state index >= 15 is 0 Å². The average Bonchev–Trinajstić information content (AvgIpc) is 2.75. The Bertz CT molecular complexity index is 1090. The van der Waals surface area contributed by atoms with Crippen molar-refractivity contribution in [2.45, 2.75) is 19.8 Å². The van der Waals surface area contributed by atoms with Crippen molar-refractivity contribution in [3.05, 3.63) is 70.8 Å². The number of benzene rings is 2. The van der Waals surface area contributed by atoms with Crippen molar-refractivity contribution in [2.24, 2.45) is 0 Å². The summed E-state index contributed by atoms with van der Waals surface area (Å²) >= 11 is 0. The van der Waals surface area contributed by atoms with Crippen LogP contribution >= 0.6 is 0 Å². The number of hydrogen-bond acceptors (Lipinski definition) is 4. The predicted octanol–water partition coefficient (Wildman–Crippen LogP) is 4.16. The summed E-state index contributed by atoms with van der Waals surface area (Å²) in [5.41, 5.74) is 6.59. The van der Waals surface area contributed by atoms with Crippen molar-refractivity contribution in [2.75, 3.05) is 11.1 Å². The van der Waals surface area contributed by atoms with Gasteiger partial charge in [0.05, 0.1) is 24.0 Å². The fourth-order valence-electron chi connectivity index (χ4n) is 2.71. The molecule has 0 atom stereocenters. The first-order chi connectivity index (χ1) is 14.2. The Kier molecular flexibility index (Phi) is 5.95. The van der Waals surface area contributed by atoms with E-state index in [2.05, 4.69) is 15.3 Å². The van der Waals surface area contributed by atoms with E-state index < -0.39 is 47.0 Å². The molecule has 0 saturated heterocycles. The maximum atomic E-state index is 13.8. The lowest BCUT2D eigenvalue weighted by Gasteiger charge is -2.11. The van der Waals surface area contributed by atoms with E-state index in [1.54, 1.807) is 31.2 Å². The fourth-order valence-corrected chi connectivity index (χ4v) is 2.71. The molecule has 3 aromatic rings. The molecule has 0 spiro atoms. The minimum absolute atomic E-state index is 0.0190. The van der Waals surface area contributed by atoms with E-state index in [-0.39, 0.29) is 5.82 Å². The summed E-state index contributed by atoms with van der Waals surface area (Å²) in [7, 11) is 0. The molecular weight excluding hydrogens is 407 g/mol. The first kappa shape index (κ1) is 21.2. The Morgan fingerprint density at radius 3 is 2.10 bits per heavy atom. The van der Waals surface area contributed by atoms with Gasteiger partial charge in [-0.15, -0.1) is 0 Å². The Morgan fingerprint density at radius 1 is 0.967 bits per heavy atom. The average molecular weight is 422 g/mol. The SMILES string of the molecule is CCc1nc(-c2ccc(N)cc2)cnc1NC(=O)Cc1c(F)c(F)c(F)c(F)c1F. The number of aryl methyl sites for hydroxylation is 1. The third kappa shape index (κ3) is 4.07. The zero-order valence-corrected chi connectivity index (χ0v) is 15.6. The molecule has 1 amide bonds. The van der Waals surface area contributed by atoms with Gasteiger partial charge in [0, 0.05) is 16.8 Å². The van der Waals surface area contributed by atoms with Crippen LogP contribution in [0.1, 0.15) is 18.2 Å². The molecule has 0 saturated carbocycles. The molecule has 3 N–H and O–H groups in total. The first-order valence-electron chi connectivity index (χ1n) is 8.74. The second-order valence-corrected chi connectivity index (χ2v) is 6.30. The molecule has 5 nitrogen and oxygen atoms in total. The van der Waals surface area contributed by atoms with Gasteiger partial charge in [0.15, 0.2) is 29.1 Å². The molecular formula is C20H15F5N4O. The third-order valence-electron chi connectivity index (χ3n) is 4.28. The lowest BCUT2D eigenvalue weighted by Crippen LogP contribution is -2.20. The highest BCUT2D eigenvalue weighted by atomic mass is 19.2. The van der Waals surface area contributed by atoms with Crippen LogP contribution in [-0.2, 0) is 17.6 Å². The highest BCUT2D eigenvalue weighted by Gasteiger charge is 2.27. The standard InChI is InChI=1S/C20H15F5N4O/c1-2-12-20(27-8-13(28-12)9-3-5-10(26)6-4-9)29-14(30)7-11-15(21)17(23)19(25)18(24)16(11)22/h3-6,8H,2,7,26H2,1H3,(H,27,29,30). The molecule has 10 heteroatoms. The Hall–Kier alpha value is -3.56. The topological polar surface area (TPSA) is 80.9 Å². The summed E-state index contributed by atoms with van der Waals surface area (Å²) in [5, 5.41) is 2.30. The molecule has 2 aromatic carbocycles. The van der Waals surface area contributed by atoms with Gasteiger partial charge in [-0.05, 0) is 18.6 Å². The van der Waals surface area contributed by atoms with Crippen molar-refractivity contribution in [1.82, 2.24) is 9.97 Å². The summed E-state index contributed by atoms with van der Waals surface area (Å²) in [6.45, 7) is 1.75. The van der Waals surface area contributed by atoms with Gasteiger partial charge in [-0.1, -0.05) is 19.1 Å². The monoisotopic (exact) mass is 422 g/mol. The van der Waals surface area contributed by atoms with Crippen molar-refractivity contribution in [3.63, 3.8) is 0 Å². The number of halogens is 5. The van der Waals surface area contributed by atoms with Crippen molar-refractivity contribution >= 4 is 17.4 Å². The number of rotatable bonds is 5. The summed E-state index contributed by atoms with van der Waals surface area (Å²) < 4.78 is 67.3. The van der Waals surface area contributed by atoms with Crippen LogP contribution < -0.4 is 11.1 Å². The van der Waals surface area contributed by atoms with Crippen LogP contribution in [0.3, 0.4) is 0 Å². The Labute approximate surface area is 167 Å². The van der Waals surface area contributed by atoms with Gasteiger partial charge in [-0.2, -0.15) is 0 Å². The van der Waals surface area contributed by atoms with Crippen LogP contribution in [-0.4, -0.2) is 15.9 Å². The van der Waals surface area contributed by atoms with Gasteiger partial charge in [-0.25, -0.2) is 31.9 Å². The van der Waals surface area contributed by atoms with E-state index in [4.69, 9.17) is 5.73 Å². The number of nitrogens with one attached hydrogen (secondary N) is 1. The largest absolute Gasteiger partial charge is 0.399 e. The molecule has 1 aromatic heterocycles. The maximum Gasteiger partial charge on any atom is 0.230 e.